The van der Waals surface area contributed by atoms with Gasteiger partial charge in [-0.3, -0.25) is 4.79 Å². The van der Waals surface area contributed by atoms with E-state index in [9.17, 15) is 4.79 Å². The van der Waals surface area contributed by atoms with Gasteiger partial charge >= 0.3 is 0 Å². The molecule has 2 aromatic carbocycles. The van der Waals surface area contributed by atoms with Crippen LogP contribution in [0, 0.1) is 0 Å². The fraction of sp³-hybridized carbons (Fsp3) is 0.435. The van der Waals surface area contributed by atoms with Crippen molar-refractivity contribution < 1.29 is 14.3 Å². The molecule has 0 saturated carbocycles. The summed E-state index contributed by atoms with van der Waals surface area (Å²) < 4.78 is 11.1. The summed E-state index contributed by atoms with van der Waals surface area (Å²) in [6, 6.07) is 14.0. The summed E-state index contributed by atoms with van der Waals surface area (Å²) in [6.45, 7) is 7.83. The number of amides is 1. The second-order valence-electron chi connectivity index (χ2n) is 6.89. The minimum Gasteiger partial charge on any atom is -0.490 e. The number of nitrogens with zero attached hydrogens (tertiary/aromatic N) is 1. The Bertz CT molecular complexity index is 768. The van der Waals surface area contributed by atoms with E-state index in [1.54, 1.807) is 18.2 Å². The molecule has 0 spiro atoms. The highest BCUT2D eigenvalue weighted by molar-refractivity contribution is 5.94. The minimum absolute atomic E-state index is 0.0994. The van der Waals surface area contributed by atoms with Gasteiger partial charge in [0.1, 0.15) is 0 Å². The van der Waals surface area contributed by atoms with E-state index < -0.39 is 0 Å². The first-order chi connectivity index (χ1) is 13.7. The Morgan fingerprint density at radius 1 is 0.964 bits per heavy atom. The van der Waals surface area contributed by atoms with E-state index >= 15 is 0 Å². The maximum absolute atomic E-state index is 12.5. The molecule has 0 unspecified atom stereocenters. The quantitative estimate of drug-likeness (QED) is 0.711. The van der Waals surface area contributed by atoms with Crippen molar-refractivity contribution in [2.24, 2.45) is 0 Å². The number of hydrogen-bond donors (Lipinski definition) is 1. The monoisotopic (exact) mass is 382 g/mol. The average Bonchev–Trinajstić information content (AvgIpc) is 3.25. The summed E-state index contributed by atoms with van der Waals surface area (Å²) in [4.78, 5) is 14.9. The SMILES string of the molecule is CCOc1ccc(C(=O)NCCc2ccc(N3CCCC3)cc2)cc1OCC. The topological polar surface area (TPSA) is 50.8 Å². The van der Waals surface area contributed by atoms with E-state index in [1.807, 2.05) is 13.8 Å². The van der Waals surface area contributed by atoms with Crippen molar-refractivity contribution in [3.8, 4) is 11.5 Å². The molecule has 1 N–H and O–H groups in total. The molecule has 3 rings (SSSR count). The smallest absolute Gasteiger partial charge is 0.251 e. The normalized spacial score (nSPS) is 13.4. The summed E-state index contributed by atoms with van der Waals surface area (Å²) >= 11 is 0. The van der Waals surface area contributed by atoms with Crippen LogP contribution >= 0.6 is 0 Å². The van der Waals surface area contributed by atoms with Crippen LogP contribution in [0.15, 0.2) is 42.5 Å². The van der Waals surface area contributed by atoms with Gasteiger partial charge in [-0.05, 0) is 69.0 Å². The molecule has 150 valence electrons. The van der Waals surface area contributed by atoms with Crippen LogP contribution in [0.2, 0.25) is 0 Å². The molecule has 0 radical (unpaired) electrons. The highest BCUT2D eigenvalue weighted by Gasteiger charge is 2.13. The van der Waals surface area contributed by atoms with Crippen LogP contribution in [0.5, 0.6) is 11.5 Å². The molecule has 0 atom stereocenters. The summed E-state index contributed by atoms with van der Waals surface area (Å²) in [5, 5.41) is 2.99. The molecule has 5 heteroatoms. The summed E-state index contributed by atoms with van der Waals surface area (Å²) in [5.74, 6) is 1.17. The fourth-order valence-electron chi connectivity index (χ4n) is 3.46. The molecule has 28 heavy (non-hydrogen) atoms. The van der Waals surface area contributed by atoms with Gasteiger partial charge in [0.05, 0.1) is 13.2 Å². The van der Waals surface area contributed by atoms with E-state index in [0.29, 0.717) is 36.8 Å². The van der Waals surface area contributed by atoms with Crippen molar-refractivity contribution in [1.29, 1.82) is 0 Å². The molecule has 1 heterocycles. The number of benzene rings is 2. The van der Waals surface area contributed by atoms with E-state index in [4.69, 9.17) is 9.47 Å². The molecule has 0 aliphatic carbocycles. The predicted molar refractivity (Wildman–Crippen MR) is 113 cm³/mol. The van der Waals surface area contributed by atoms with Crippen molar-refractivity contribution in [2.75, 3.05) is 37.7 Å². The van der Waals surface area contributed by atoms with Crippen LogP contribution in [-0.4, -0.2) is 38.8 Å². The lowest BCUT2D eigenvalue weighted by Crippen LogP contribution is -2.25. The molecule has 0 bridgehead atoms. The van der Waals surface area contributed by atoms with Gasteiger partial charge in [-0.2, -0.15) is 0 Å². The van der Waals surface area contributed by atoms with Crippen molar-refractivity contribution in [1.82, 2.24) is 5.32 Å². The van der Waals surface area contributed by atoms with Crippen LogP contribution in [0.1, 0.15) is 42.6 Å². The van der Waals surface area contributed by atoms with Gasteiger partial charge in [-0.15, -0.1) is 0 Å². The van der Waals surface area contributed by atoms with Crippen molar-refractivity contribution in [2.45, 2.75) is 33.1 Å². The molecule has 1 fully saturated rings. The minimum atomic E-state index is -0.0994. The zero-order chi connectivity index (χ0) is 19.8. The number of carbonyl (C=O) groups excluding carboxylic acids is 1. The Kier molecular flexibility index (Phi) is 7.18. The van der Waals surface area contributed by atoms with Crippen molar-refractivity contribution in [3.05, 3.63) is 53.6 Å². The first-order valence-corrected chi connectivity index (χ1v) is 10.2. The highest BCUT2D eigenvalue weighted by atomic mass is 16.5. The third kappa shape index (κ3) is 5.18. The summed E-state index contributed by atoms with van der Waals surface area (Å²) in [7, 11) is 0. The van der Waals surface area contributed by atoms with E-state index in [0.717, 1.165) is 19.5 Å². The Morgan fingerprint density at radius 2 is 1.64 bits per heavy atom. The number of carbonyl (C=O) groups is 1. The standard InChI is InChI=1S/C23H30N2O3/c1-3-27-21-12-9-19(17-22(21)28-4-2)23(26)24-14-13-18-7-10-20(11-8-18)25-15-5-6-16-25/h7-12,17H,3-6,13-16H2,1-2H3,(H,24,26). The Balaban J connectivity index is 1.53. The zero-order valence-corrected chi connectivity index (χ0v) is 16.9. The number of ether oxygens (including phenoxy) is 2. The fourth-order valence-corrected chi connectivity index (χ4v) is 3.46. The van der Waals surface area contributed by atoms with Gasteiger partial charge < -0.3 is 19.7 Å². The number of nitrogens with one attached hydrogen (secondary N) is 1. The predicted octanol–water partition coefficient (Wildman–Crippen LogP) is 4.06. The van der Waals surface area contributed by atoms with Gasteiger partial charge in [-0.25, -0.2) is 0 Å². The molecule has 1 amide bonds. The third-order valence-electron chi connectivity index (χ3n) is 4.91. The second kappa shape index (κ2) is 10.0. The molecule has 1 saturated heterocycles. The van der Waals surface area contributed by atoms with Crippen LogP contribution in [0.25, 0.3) is 0 Å². The molecular formula is C23H30N2O3. The van der Waals surface area contributed by atoms with Gasteiger partial charge in [0.15, 0.2) is 11.5 Å². The van der Waals surface area contributed by atoms with Crippen LogP contribution in [-0.2, 0) is 6.42 Å². The first-order valence-electron chi connectivity index (χ1n) is 10.2. The van der Waals surface area contributed by atoms with Crippen LogP contribution in [0.4, 0.5) is 5.69 Å². The molecule has 1 aliphatic heterocycles. The first kappa shape index (κ1) is 20.1. The summed E-state index contributed by atoms with van der Waals surface area (Å²) in [6.07, 6.45) is 3.37. The van der Waals surface area contributed by atoms with Crippen LogP contribution < -0.4 is 19.7 Å². The van der Waals surface area contributed by atoms with Crippen LogP contribution in [0.3, 0.4) is 0 Å². The lowest BCUT2D eigenvalue weighted by Gasteiger charge is -2.17. The van der Waals surface area contributed by atoms with Crippen molar-refractivity contribution >= 4 is 11.6 Å². The Hall–Kier alpha value is -2.69. The average molecular weight is 383 g/mol. The van der Waals surface area contributed by atoms with E-state index in [1.165, 1.54) is 24.1 Å². The lowest BCUT2D eigenvalue weighted by atomic mass is 10.1. The molecule has 5 nitrogen and oxygen atoms in total. The Labute approximate surface area is 167 Å². The largest absolute Gasteiger partial charge is 0.490 e. The maximum Gasteiger partial charge on any atom is 0.251 e. The molecular weight excluding hydrogens is 352 g/mol. The molecule has 0 aromatic heterocycles. The zero-order valence-electron chi connectivity index (χ0n) is 16.9. The maximum atomic E-state index is 12.5. The number of rotatable bonds is 9. The Morgan fingerprint density at radius 3 is 2.32 bits per heavy atom. The lowest BCUT2D eigenvalue weighted by molar-refractivity contribution is 0.0953. The van der Waals surface area contributed by atoms with Gasteiger partial charge in [0, 0.05) is 30.9 Å². The third-order valence-corrected chi connectivity index (χ3v) is 4.91. The molecule has 1 aliphatic rings. The second-order valence-corrected chi connectivity index (χ2v) is 6.89. The molecule has 2 aromatic rings. The van der Waals surface area contributed by atoms with Crippen molar-refractivity contribution in [3.63, 3.8) is 0 Å². The number of anilines is 1. The van der Waals surface area contributed by atoms with Gasteiger partial charge in [0.25, 0.3) is 5.91 Å². The number of hydrogen-bond acceptors (Lipinski definition) is 4. The van der Waals surface area contributed by atoms with Gasteiger partial charge in [0.2, 0.25) is 0 Å². The van der Waals surface area contributed by atoms with E-state index in [-0.39, 0.29) is 5.91 Å². The van der Waals surface area contributed by atoms with Gasteiger partial charge in [-0.1, -0.05) is 12.1 Å². The summed E-state index contributed by atoms with van der Waals surface area (Å²) in [5.41, 5.74) is 3.10. The highest BCUT2D eigenvalue weighted by Crippen LogP contribution is 2.28. The van der Waals surface area contributed by atoms with E-state index in [2.05, 4.69) is 34.5 Å².